The van der Waals surface area contributed by atoms with Crippen LogP contribution in [-0.2, 0) is 11.2 Å². The van der Waals surface area contributed by atoms with E-state index in [0.717, 1.165) is 35.0 Å². The summed E-state index contributed by atoms with van der Waals surface area (Å²) >= 11 is 0. The van der Waals surface area contributed by atoms with Crippen molar-refractivity contribution in [2.45, 2.75) is 38.7 Å². The maximum absolute atomic E-state index is 12.4. The molecule has 2 heterocycles. The van der Waals surface area contributed by atoms with E-state index in [1.807, 2.05) is 31.2 Å². The summed E-state index contributed by atoms with van der Waals surface area (Å²) in [6.45, 7) is 5.01. The van der Waals surface area contributed by atoms with E-state index in [1.165, 1.54) is 0 Å². The summed E-state index contributed by atoms with van der Waals surface area (Å²) in [7, 11) is 0. The lowest BCUT2D eigenvalue weighted by molar-refractivity contribution is -0.155. The molecule has 0 spiro atoms. The van der Waals surface area contributed by atoms with E-state index >= 15 is 0 Å². The van der Waals surface area contributed by atoms with Crippen LogP contribution < -0.4 is 0 Å². The number of hydrogen-bond donors (Lipinski definition) is 2. The minimum absolute atomic E-state index is 0.101. The Balaban J connectivity index is 1.72. The number of carbonyl (C=O) groups excluding carboxylic acids is 1. The zero-order chi connectivity index (χ0) is 15.0. The largest absolute Gasteiger partial charge is 0.386 e. The van der Waals surface area contributed by atoms with Gasteiger partial charge in [0.05, 0.1) is 25.1 Å². The smallest absolute Gasteiger partial charge is 0.227 e. The Morgan fingerprint density at radius 1 is 1.38 bits per heavy atom. The first-order valence-electron chi connectivity index (χ1n) is 7.59. The quantitative estimate of drug-likeness (QED) is 0.906. The van der Waals surface area contributed by atoms with Gasteiger partial charge < -0.3 is 15.0 Å². The molecule has 4 nitrogen and oxygen atoms in total. The summed E-state index contributed by atoms with van der Waals surface area (Å²) in [5.74, 6) is 0.101. The van der Waals surface area contributed by atoms with Crippen LogP contribution in [0.4, 0.5) is 0 Å². The molecule has 21 heavy (non-hydrogen) atoms. The number of carbonyl (C=O) groups is 1. The molecule has 1 aliphatic rings. The third-order valence-corrected chi connectivity index (χ3v) is 4.39. The molecule has 3 rings (SSSR count). The first-order valence-corrected chi connectivity index (χ1v) is 7.59. The highest BCUT2D eigenvalue weighted by Gasteiger charge is 2.42. The number of amides is 1. The third-order valence-electron chi connectivity index (χ3n) is 4.39. The fourth-order valence-corrected chi connectivity index (χ4v) is 3.29. The molecule has 1 saturated heterocycles. The maximum atomic E-state index is 12.4. The molecule has 0 radical (unpaired) electrons. The van der Waals surface area contributed by atoms with Gasteiger partial charge in [-0.25, -0.2) is 0 Å². The first kappa shape index (κ1) is 14.1. The predicted octanol–water partition coefficient (Wildman–Crippen LogP) is 2.39. The number of nitrogens with one attached hydrogen (secondary N) is 1. The molecule has 1 aliphatic heterocycles. The Morgan fingerprint density at radius 2 is 2.10 bits per heavy atom. The molecule has 1 amide bonds. The van der Waals surface area contributed by atoms with Crippen LogP contribution in [0, 0.1) is 6.92 Å². The van der Waals surface area contributed by atoms with E-state index in [1.54, 1.807) is 4.90 Å². The van der Waals surface area contributed by atoms with Crippen molar-refractivity contribution in [3.05, 3.63) is 35.5 Å². The Bertz CT molecular complexity index is 668. The Morgan fingerprint density at radius 3 is 2.81 bits per heavy atom. The SMILES string of the molecule is CCCC1(O)CN(C(=O)Cc2c(C)[nH]c3ccccc23)C1. The highest BCUT2D eigenvalue weighted by Crippen LogP contribution is 2.28. The number of aromatic nitrogens is 1. The number of para-hydroxylation sites is 1. The predicted molar refractivity (Wildman–Crippen MR) is 83.2 cm³/mol. The van der Waals surface area contributed by atoms with Crippen LogP contribution in [0.3, 0.4) is 0 Å². The number of likely N-dealkylation sites (tertiary alicyclic amines) is 1. The monoisotopic (exact) mass is 286 g/mol. The van der Waals surface area contributed by atoms with Gasteiger partial charge in [-0.3, -0.25) is 4.79 Å². The number of aliphatic hydroxyl groups is 1. The van der Waals surface area contributed by atoms with Crippen molar-refractivity contribution in [1.29, 1.82) is 0 Å². The van der Waals surface area contributed by atoms with Crippen molar-refractivity contribution in [3.63, 3.8) is 0 Å². The number of fused-ring (bicyclic) bond motifs is 1. The molecule has 0 bridgehead atoms. The summed E-state index contributed by atoms with van der Waals surface area (Å²) < 4.78 is 0. The van der Waals surface area contributed by atoms with E-state index < -0.39 is 5.60 Å². The number of rotatable bonds is 4. The molecule has 2 aromatic rings. The fourth-order valence-electron chi connectivity index (χ4n) is 3.29. The average molecular weight is 286 g/mol. The van der Waals surface area contributed by atoms with Crippen LogP contribution in [0.5, 0.6) is 0 Å². The van der Waals surface area contributed by atoms with E-state index in [2.05, 4.69) is 11.9 Å². The molecule has 1 aromatic heterocycles. The van der Waals surface area contributed by atoms with Crippen molar-refractivity contribution in [3.8, 4) is 0 Å². The molecule has 1 aromatic carbocycles. The summed E-state index contributed by atoms with van der Waals surface area (Å²) in [5.41, 5.74) is 2.54. The van der Waals surface area contributed by atoms with Crippen LogP contribution in [0.2, 0.25) is 0 Å². The molecule has 0 unspecified atom stereocenters. The zero-order valence-corrected chi connectivity index (χ0v) is 12.6. The first-order chi connectivity index (χ1) is 10.0. The van der Waals surface area contributed by atoms with Gasteiger partial charge in [-0.05, 0) is 25.0 Å². The number of hydrogen-bond acceptors (Lipinski definition) is 2. The van der Waals surface area contributed by atoms with Gasteiger partial charge >= 0.3 is 0 Å². The standard InChI is InChI=1S/C17H22N2O2/c1-3-8-17(21)10-19(11-17)16(20)9-14-12(2)18-15-7-5-4-6-13(14)15/h4-7,18,21H,3,8-11H2,1-2H3. The van der Waals surface area contributed by atoms with Crippen LogP contribution in [0.25, 0.3) is 10.9 Å². The van der Waals surface area contributed by atoms with Gasteiger partial charge in [0.15, 0.2) is 0 Å². The van der Waals surface area contributed by atoms with Gasteiger partial charge in [0.1, 0.15) is 0 Å². The van der Waals surface area contributed by atoms with Gasteiger partial charge in [-0.15, -0.1) is 0 Å². The lowest BCUT2D eigenvalue weighted by Gasteiger charge is -2.46. The molecular formula is C17H22N2O2. The van der Waals surface area contributed by atoms with E-state index in [-0.39, 0.29) is 5.91 Å². The number of benzene rings is 1. The molecule has 112 valence electrons. The lowest BCUT2D eigenvalue weighted by atomic mass is 9.88. The minimum Gasteiger partial charge on any atom is -0.386 e. The number of β-amino-alcohol motifs (C(OH)–C–C–N with tert-alkyl or cyclic N) is 1. The van der Waals surface area contributed by atoms with E-state index in [4.69, 9.17) is 0 Å². The fraction of sp³-hybridized carbons (Fsp3) is 0.471. The van der Waals surface area contributed by atoms with Gasteiger partial charge in [0.2, 0.25) is 5.91 Å². The summed E-state index contributed by atoms with van der Waals surface area (Å²) in [5, 5.41) is 11.3. The topological polar surface area (TPSA) is 56.3 Å². The number of nitrogens with zero attached hydrogens (tertiary/aromatic N) is 1. The second-order valence-corrected chi connectivity index (χ2v) is 6.18. The van der Waals surface area contributed by atoms with Crippen molar-refractivity contribution in [2.75, 3.05) is 13.1 Å². The highest BCUT2D eigenvalue weighted by molar-refractivity contribution is 5.90. The van der Waals surface area contributed by atoms with Gasteiger partial charge in [-0.2, -0.15) is 0 Å². The lowest BCUT2D eigenvalue weighted by Crippen LogP contribution is -2.63. The Labute approximate surface area is 124 Å². The molecule has 0 atom stereocenters. The summed E-state index contributed by atoms with van der Waals surface area (Å²) in [4.78, 5) is 17.5. The van der Waals surface area contributed by atoms with Gasteiger partial charge in [-0.1, -0.05) is 31.5 Å². The maximum Gasteiger partial charge on any atom is 0.227 e. The normalized spacial score (nSPS) is 17.0. The number of H-pyrrole nitrogens is 1. The van der Waals surface area contributed by atoms with Crippen LogP contribution in [0.1, 0.15) is 31.0 Å². The van der Waals surface area contributed by atoms with E-state index in [0.29, 0.717) is 19.5 Å². The molecule has 0 aliphatic carbocycles. The molecule has 4 heteroatoms. The highest BCUT2D eigenvalue weighted by atomic mass is 16.3. The molecule has 0 saturated carbocycles. The van der Waals surface area contributed by atoms with Crippen molar-refractivity contribution < 1.29 is 9.90 Å². The van der Waals surface area contributed by atoms with Crippen molar-refractivity contribution >= 4 is 16.8 Å². The second-order valence-electron chi connectivity index (χ2n) is 6.18. The summed E-state index contributed by atoms with van der Waals surface area (Å²) in [6, 6.07) is 8.06. The van der Waals surface area contributed by atoms with Gasteiger partial charge in [0, 0.05) is 16.6 Å². The number of aromatic amines is 1. The van der Waals surface area contributed by atoms with Crippen LogP contribution in [-0.4, -0.2) is 39.6 Å². The van der Waals surface area contributed by atoms with Crippen LogP contribution >= 0.6 is 0 Å². The minimum atomic E-state index is -0.653. The van der Waals surface area contributed by atoms with E-state index in [9.17, 15) is 9.90 Å². The average Bonchev–Trinajstić information content (AvgIpc) is 2.73. The van der Waals surface area contributed by atoms with Gasteiger partial charge in [0.25, 0.3) is 0 Å². The number of aryl methyl sites for hydroxylation is 1. The Hall–Kier alpha value is -1.81. The van der Waals surface area contributed by atoms with Crippen molar-refractivity contribution in [2.24, 2.45) is 0 Å². The molecule has 2 N–H and O–H groups in total. The van der Waals surface area contributed by atoms with Crippen LogP contribution in [0.15, 0.2) is 24.3 Å². The Kier molecular flexibility index (Phi) is 3.49. The molecular weight excluding hydrogens is 264 g/mol. The zero-order valence-electron chi connectivity index (χ0n) is 12.6. The second kappa shape index (κ2) is 5.19. The summed E-state index contributed by atoms with van der Waals surface area (Å²) in [6.07, 6.45) is 2.11. The molecule has 1 fully saturated rings. The third kappa shape index (κ3) is 2.56. The van der Waals surface area contributed by atoms with Crippen molar-refractivity contribution in [1.82, 2.24) is 9.88 Å².